The Bertz CT molecular complexity index is 2300. The van der Waals surface area contributed by atoms with E-state index < -0.39 is 29.7 Å². The number of hydrogen-bond donors (Lipinski definition) is 2. The van der Waals surface area contributed by atoms with Gasteiger partial charge < -0.3 is 29.2 Å². The Morgan fingerprint density at radius 2 is 1.48 bits per heavy atom. The van der Waals surface area contributed by atoms with Gasteiger partial charge in [-0.25, -0.2) is 0 Å². The first kappa shape index (κ1) is 41.8. The summed E-state index contributed by atoms with van der Waals surface area (Å²) < 4.78 is 24.7. The van der Waals surface area contributed by atoms with Crippen molar-refractivity contribution in [3.05, 3.63) is 81.9 Å². The number of nitrogens with zero attached hydrogens (tertiary/aromatic N) is 3. The predicted molar refractivity (Wildman–Crippen MR) is 224 cm³/mol. The molecule has 0 unspecified atom stereocenters. The maximum Gasteiger partial charge on any atom is 0.266 e. The molecule has 3 aliphatic heterocycles. The van der Waals surface area contributed by atoms with Crippen molar-refractivity contribution in [3.63, 3.8) is 0 Å². The van der Waals surface area contributed by atoms with E-state index in [1.54, 1.807) is 6.07 Å². The normalized spacial score (nSPS) is 25.4. The third kappa shape index (κ3) is 7.58. The summed E-state index contributed by atoms with van der Waals surface area (Å²) in [5.74, 6) is -1.17. The van der Waals surface area contributed by atoms with E-state index in [1.807, 2.05) is 50.2 Å². The summed E-state index contributed by atoms with van der Waals surface area (Å²) in [5.41, 5.74) is 3.62. The van der Waals surface area contributed by atoms with Gasteiger partial charge in [0, 0.05) is 66.5 Å². The number of nitriles is 1. The van der Waals surface area contributed by atoms with Gasteiger partial charge >= 0.3 is 0 Å². The van der Waals surface area contributed by atoms with Crippen molar-refractivity contribution >= 4 is 35.2 Å². The molecule has 2 N–H and O–H groups in total. The van der Waals surface area contributed by atoms with E-state index in [0.717, 1.165) is 53.4 Å². The van der Waals surface area contributed by atoms with Gasteiger partial charge in [-0.05, 0) is 86.7 Å². The predicted octanol–water partition coefficient (Wildman–Crippen LogP) is 5.79. The van der Waals surface area contributed by atoms with E-state index in [-0.39, 0.29) is 76.9 Å². The molecule has 14 nitrogen and oxygen atoms in total. The van der Waals surface area contributed by atoms with E-state index >= 15 is 0 Å². The Labute approximate surface area is 355 Å². The maximum atomic E-state index is 13.5. The van der Waals surface area contributed by atoms with Crippen LogP contribution in [0.15, 0.2) is 48.5 Å². The van der Waals surface area contributed by atoms with Gasteiger partial charge in [-0.15, -0.1) is 0 Å². The minimum atomic E-state index is -1.07. The van der Waals surface area contributed by atoms with Gasteiger partial charge in [0.15, 0.2) is 0 Å². The van der Waals surface area contributed by atoms with E-state index in [2.05, 4.69) is 49.3 Å². The Morgan fingerprint density at radius 1 is 0.836 bits per heavy atom. The molecule has 2 saturated carbocycles. The Morgan fingerprint density at radius 3 is 2.08 bits per heavy atom. The molecule has 1 atom stereocenters. The van der Waals surface area contributed by atoms with Crippen molar-refractivity contribution in [2.24, 2.45) is 10.8 Å². The number of nitrogens with one attached hydrogen (secondary N) is 2. The van der Waals surface area contributed by atoms with Gasteiger partial charge in [-0.2, -0.15) is 5.26 Å². The molecule has 14 heteroatoms. The molecule has 3 aromatic carbocycles. The highest BCUT2D eigenvalue weighted by Gasteiger charge is 2.64. The number of carbonyl (C=O) groups is 5. The standard InChI is InChI=1S/C47H53N5O9/c1-25-18-30(19-26(2)35(25)24-48)61-45-46(3,4)44(47(45,5)6)50-40(54)27-8-10-28(11-9-27)51-16-14-29(15-17-51)59-31-20-32(21-31)60-33-22-34-39(37(23-33)58-7)43(57)52(42(34)56)36-12-13-38(53)49-41(36)55/h8-11,18-19,22-23,29,31-32,36,44-45H,12-17,20-21H2,1-7H3,(H,50,54)(H,49,53,55)/t31?,32?,36-,44?,45?/m1/s1. The molecule has 2 aliphatic carbocycles. The van der Waals surface area contributed by atoms with Crippen LogP contribution in [0.1, 0.15) is 114 Å². The lowest BCUT2D eigenvalue weighted by Gasteiger charge is -2.63. The van der Waals surface area contributed by atoms with Crippen molar-refractivity contribution in [1.29, 1.82) is 5.26 Å². The fourth-order valence-electron chi connectivity index (χ4n) is 10.3. The summed E-state index contributed by atoms with van der Waals surface area (Å²) >= 11 is 0. The van der Waals surface area contributed by atoms with Crippen molar-refractivity contribution in [3.8, 4) is 23.3 Å². The lowest BCUT2D eigenvalue weighted by atomic mass is 9.49. The molecule has 0 aromatic heterocycles. The number of amides is 5. The monoisotopic (exact) mass is 831 g/mol. The zero-order valence-electron chi connectivity index (χ0n) is 35.8. The number of piperidine rings is 2. The second kappa shape index (κ2) is 15.8. The summed E-state index contributed by atoms with van der Waals surface area (Å²) in [6, 6.07) is 15.8. The number of rotatable bonds is 11. The summed E-state index contributed by atoms with van der Waals surface area (Å²) in [7, 11) is 1.41. The molecule has 5 aliphatic rings. The van der Waals surface area contributed by atoms with Crippen LogP contribution < -0.4 is 29.7 Å². The average Bonchev–Trinajstić information content (AvgIpc) is 3.46. The van der Waals surface area contributed by atoms with E-state index in [9.17, 15) is 29.2 Å². The minimum absolute atomic E-state index is 0.0375. The van der Waals surface area contributed by atoms with Gasteiger partial charge in [0.1, 0.15) is 35.5 Å². The summed E-state index contributed by atoms with van der Waals surface area (Å²) in [6.07, 6.45) is 3.06. The van der Waals surface area contributed by atoms with Crippen molar-refractivity contribution in [2.75, 3.05) is 25.1 Å². The summed E-state index contributed by atoms with van der Waals surface area (Å²) in [6.45, 7) is 14.0. The number of benzene rings is 3. The number of anilines is 1. The number of imide groups is 2. The Balaban J connectivity index is 0.794. The Hall–Kier alpha value is -5.94. The van der Waals surface area contributed by atoms with Crippen LogP contribution in [-0.4, -0.2) is 91.1 Å². The molecule has 3 heterocycles. The molecule has 3 aromatic rings. The fraction of sp³-hybridized carbons (Fsp3) is 0.489. The molecule has 4 fully saturated rings. The van der Waals surface area contributed by atoms with Crippen LogP contribution in [-0.2, 0) is 14.3 Å². The average molecular weight is 832 g/mol. The summed E-state index contributed by atoms with van der Waals surface area (Å²) in [4.78, 5) is 67.6. The molecule has 8 rings (SSSR count). The lowest BCUT2D eigenvalue weighted by Crippen LogP contribution is -2.74. The second-order valence-corrected chi connectivity index (χ2v) is 18.3. The van der Waals surface area contributed by atoms with Crippen LogP contribution in [0.3, 0.4) is 0 Å². The number of fused-ring (bicyclic) bond motifs is 1. The molecule has 320 valence electrons. The molecule has 0 radical (unpaired) electrons. The number of carbonyl (C=O) groups excluding carboxylic acids is 5. The second-order valence-electron chi connectivity index (χ2n) is 18.3. The molecule has 0 bridgehead atoms. The maximum absolute atomic E-state index is 13.5. The van der Waals surface area contributed by atoms with Crippen LogP contribution in [0.2, 0.25) is 0 Å². The first-order valence-corrected chi connectivity index (χ1v) is 21.1. The zero-order valence-corrected chi connectivity index (χ0v) is 35.8. The van der Waals surface area contributed by atoms with E-state index in [1.165, 1.54) is 13.2 Å². The number of hydrogen-bond acceptors (Lipinski definition) is 11. The topological polar surface area (TPSA) is 177 Å². The quantitative estimate of drug-likeness (QED) is 0.224. The van der Waals surface area contributed by atoms with Crippen LogP contribution in [0.5, 0.6) is 17.2 Å². The molecular weight excluding hydrogens is 779 g/mol. The minimum Gasteiger partial charge on any atom is -0.496 e. The van der Waals surface area contributed by atoms with Crippen LogP contribution >= 0.6 is 0 Å². The third-order valence-corrected chi connectivity index (χ3v) is 13.4. The highest BCUT2D eigenvalue weighted by Crippen LogP contribution is 2.55. The Kier molecular flexibility index (Phi) is 10.8. The van der Waals surface area contributed by atoms with E-state index in [0.29, 0.717) is 29.7 Å². The summed E-state index contributed by atoms with van der Waals surface area (Å²) in [5, 5.41) is 15.0. The molecule has 2 saturated heterocycles. The third-order valence-electron chi connectivity index (χ3n) is 13.4. The van der Waals surface area contributed by atoms with Crippen LogP contribution in [0.25, 0.3) is 0 Å². The van der Waals surface area contributed by atoms with Crippen LogP contribution in [0.4, 0.5) is 5.69 Å². The van der Waals surface area contributed by atoms with Gasteiger partial charge in [0.2, 0.25) is 11.8 Å². The lowest BCUT2D eigenvalue weighted by molar-refractivity contribution is -0.164. The molecule has 0 spiro atoms. The first-order chi connectivity index (χ1) is 29.0. The molecular formula is C47H53N5O9. The van der Waals surface area contributed by atoms with Gasteiger partial charge in [0.25, 0.3) is 17.7 Å². The van der Waals surface area contributed by atoms with Crippen molar-refractivity contribution in [2.45, 2.75) is 117 Å². The van der Waals surface area contributed by atoms with Gasteiger partial charge in [-0.1, -0.05) is 27.7 Å². The smallest absolute Gasteiger partial charge is 0.266 e. The van der Waals surface area contributed by atoms with Gasteiger partial charge in [-0.3, -0.25) is 34.2 Å². The van der Waals surface area contributed by atoms with Crippen LogP contribution in [0, 0.1) is 36.0 Å². The number of ether oxygens (including phenoxy) is 4. The van der Waals surface area contributed by atoms with Gasteiger partial charge in [0.05, 0.1) is 42.1 Å². The SMILES string of the molecule is COc1cc(OC2CC(OC3CCN(c4ccc(C(=O)NC5C(C)(C)C(Oc6cc(C)c(C#N)c(C)c6)C5(C)C)cc4)CC3)C2)cc2c1C(=O)N([C@@H]1CCC(=O)NC1=O)C2=O. The van der Waals surface area contributed by atoms with Crippen molar-refractivity contribution < 1.29 is 42.9 Å². The largest absolute Gasteiger partial charge is 0.496 e. The number of aryl methyl sites for hydroxylation is 2. The fourth-order valence-corrected chi connectivity index (χ4v) is 10.3. The molecule has 61 heavy (non-hydrogen) atoms. The first-order valence-electron chi connectivity index (χ1n) is 21.1. The highest BCUT2D eigenvalue weighted by molar-refractivity contribution is 6.24. The highest BCUT2D eigenvalue weighted by atomic mass is 16.5. The zero-order chi connectivity index (χ0) is 43.5. The molecule has 5 amide bonds. The van der Waals surface area contributed by atoms with Crippen molar-refractivity contribution in [1.82, 2.24) is 15.5 Å². The van der Waals surface area contributed by atoms with E-state index in [4.69, 9.17) is 18.9 Å². The number of methoxy groups -OCH3 is 1.